The summed E-state index contributed by atoms with van der Waals surface area (Å²) in [5.74, 6) is 1.22. The van der Waals surface area contributed by atoms with Gasteiger partial charge in [-0.15, -0.1) is 11.3 Å². The SMILES string of the molecule is CCc1c(C)sc2c1CCN(C(=O)Nc1ccc(OC)c(OC)c1)[C@H]2c1ccccc1. The number of nitrogens with one attached hydrogen (secondary N) is 1. The number of fused-ring (bicyclic) bond motifs is 1. The molecule has 1 aliphatic heterocycles. The van der Waals surface area contributed by atoms with Gasteiger partial charge < -0.3 is 19.7 Å². The van der Waals surface area contributed by atoms with E-state index >= 15 is 0 Å². The smallest absolute Gasteiger partial charge is 0.322 e. The van der Waals surface area contributed by atoms with E-state index in [9.17, 15) is 4.79 Å². The molecule has 1 N–H and O–H groups in total. The number of aryl methyl sites for hydroxylation is 1. The summed E-state index contributed by atoms with van der Waals surface area (Å²) in [5.41, 5.74) is 4.68. The molecular weight excluding hydrogens is 408 g/mol. The lowest BCUT2D eigenvalue weighted by atomic mass is 9.92. The Balaban J connectivity index is 1.69. The molecule has 0 saturated carbocycles. The summed E-state index contributed by atoms with van der Waals surface area (Å²) < 4.78 is 10.7. The van der Waals surface area contributed by atoms with Crippen LogP contribution in [-0.2, 0) is 12.8 Å². The fraction of sp³-hybridized carbons (Fsp3) is 0.320. The van der Waals surface area contributed by atoms with Gasteiger partial charge in [-0.2, -0.15) is 0 Å². The number of carbonyl (C=O) groups is 1. The highest BCUT2D eigenvalue weighted by Gasteiger charge is 2.35. The zero-order chi connectivity index (χ0) is 22.0. The molecule has 4 rings (SSSR count). The van der Waals surface area contributed by atoms with Crippen molar-refractivity contribution >= 4 is 23.1 Å². The molecule has 1 aliphatic rings. The first-order valence-electron chi connectivity index (χ1n) is 10.5. The van der Waals surface area contributed by atoms with Crippen molar-refractivity contribution in [1.29, 1.82) is 0 Å². The van der Waals surface area contributed by atoms with Crippen molar-refractivity contribution in [3.63, 3.8) is 0 Å². The highest BCUT2D eigenvalue weighted by molar-refractivity contribution is 7.12. The number of hydrogen-bond acceptors (Lipinski definition) is 4. The molecule has 0 saturated heterocycles. The fourth-order valence-electron chi connectivity index (χ4n) is 4.40. The number of ether oxygens (including phenoxy) is 2. The number of urea groups is 1. The van der Waals surface area contributed by atoms with Crippen LogP contribution in [-0.4, -0.2) is 31.7 Å². The molecule has 0 unspecified atom stereocenters. The Bertz CT molecular complexity index is 1080. The molecule has 3 aromatic rings. The number of amides is 2. The van der Waals surface area contributed by atoms with Gasteiger partial charge in [0.1, 0.15) is 0 Å². The molecule has 31 heavy (non-hydrogen) atoms. The second kappa shape index (κ2) is 9.02. The minimum Gasteiger partial charge on any atom is -0.493 e. The highest BCUT2D eigenvalue weighted by atomic mass is 32.1. The maximum Gasteiger partial charge on any atom is 0.322 e. The quantitative estimate of drug-likeness (QED) is 0.549. The Labute approximate surface area is 187 Å². The third-order valence-electron chi connectivity index (χ3n) is 5.88. The maximum atomic E-state index is 13.4. The zero-order valence-corrected chi connectivity index (χ0v) is 19.2. The molecule has 2 aromatic carbocycles. The van der Waals surface area contributed by atoms with Crippen molar-refractivity contribution in [2.45, 2.75) is 32.7 Å². The minimum atomic E-state index is -0.115. The van der Waals surface area contributed by atoms with Crippen LogP contribution in [0.2, 0.25) is 0 Å². The molecule has 6 heteroatoms. The molecular formula is C25H28N2O3S. The van der Waals surface area contributed by atoms with Crippen LogP contribution in [0.3, 0.4) is 0 Å². The van der Waals surface area contributed by atoms with E-state index in [0.717, 1.165) is 18.4 Å². The molecule has 0 fully saturated rings. The van der Waals surface area contributed by atoms with E-state index in [1.165, 1.54) is 20.9 Å². The van der Waals surface area contributed by atoms with E-state index in [2.05, 4.69) is 31.3 Å². The largest absolute Gasteiger partial charge is 0.493 e. The van der Waals surface area contributed by atoms with Crippen LogP contribution in [0.25, 0.3) is 0 Å². The number of rotatable bonds is 5. The number of thiophene rings is 1. The monoisotopic (exact) mass is 436 g/mol. The van der Waals surface area contributed by atoms with Crippen LogP contribution in [0.5, 0.6) is 11.5 Å². The number of carbonyl (C=O) groups excluding carboxylic acids is 1. The predicted molar refractivity (Wildman–Crippen MR) is 126 cm³/mol. The van der Waals surface area contributed by atoms with E-state index in [1.807, 2.05) is 40.5 Å². The van der Waals surface area contributed by atoms with Gasteiger partial charge in [-0.1, -0.05) is 37.3 Å². The fourth-order valence-corrected chi connectivity index (χ4v) is 5.85. The molecule has 0 aliphatic carbocycles. The normalized spacial score (nSPS) is 15.4. The molecule has 0 radical (unpaired) electrons. The molecule has 0 bridgehead atoms. The second-order valence-electron chi connectivity index (χ2n) is 7.59. The third kappa shape index (κ3) is 4.00. The first kappa shape index (κ1) is 21.2. The van der Waals surface area contributed by atoms with Gasteiger partial charge in [0, 0.05) is 28.1 Å². The summed E-state index contributed by atoms with van der Waals surface area (Å²) in [5, 5.41) is 3.06. The summed E-state index contributed by atoms with van der Waals surface area (Å²) in [6, 6.07) is 15.5. The summed E-state index contributed by atoms with van der Waals surface area (Å²) in [7, 11) is 3.19. The lowest BCUT2D eigenvalue weighted by Gasteiger charge is -2.36. The highest BCUT2D eigenvalue weighted by Crippen LogP contribution is 2.43. The minimum absolute atomic E-state index is 0.0888. The number of anilines is 1. The topological polar surface area (TPSA) is 50.8 Å². The number of methoxy groups -OCH3 is 2. The van der Waals surface area contributed by atoms with Gasteiger partial charge in [-0.25, -0.2) is 4.79 Å². The Morgan fingerprint density at radius 3 is 2.55 bits per heavy atom. The Kier molecular flexibility index (Phi) is 6.18. The van der Waals surface area contributed by atoms with Crippen LogP contribution in [0.15, 0.2) is 48.5 Å². The lowest BCUT2D eigenvalue weighted by molar-refractivity contribution is 0.195. The summed E-state index contributed by atoms with van der Waals surface area (Å²) >= 11 is 1.82. The summed E-state index contributed by atoms with van der Waals surface area (Å²) in [6.45, 7) is 5.08. The zero-order valence-electron chi connectivity index (χ0n) is 18.4. The summed E-state index contributed by atoms with van der Waals surface area (Å²) in [6.07, 6.45) is 1.91. The molecule has 2 amide bonds. The van der Waals surface area contributed by atoms with Crippen molar-refractivity contribution in [3.8, 4) is 11.5 Å². The predicted octanol–water partition coefficient (Wildman–Crippen LogP) is 5.82. The van der Waals surface area contributed by atoms with E-state index < -0.39 is 0 Å². The van der Waals surface area contributed by atoms with Gasteiger partial charge >= 0.3 is 6.03 Å². The average Bonchev–Trinajstić information content (AvgIpc) is 3.13. The van der Waals surface area contributed by atoms with Crippen molar-refractivity contribution in [3.05, 3.63) is 75.0 Å². The van der Waals surface area contributed by atoms with Crippen molar-refractivity contribution < 1.29 is 14.3 Å². The van der Waals surface area contributed by atoms with Crippen molar-refractivity contribution in [1.82, 2.24) is 4.90 Å². The maximum absolute atomic E-state index is 13.4. The number of nitrogens with zero attached hydrogens (tertiary/aromatic N) is 1. The van der Waals surface area contributed by atoms with E-state index in [1.54, 1.807) is 26.4 Å². The third-order valence-corrected chi connectivity index (χ3v) is 7.12. The van der Waals surface area contributed by atoms with Gasteiger partial charge in [0.05, 0.1) is 20.3 Å². The molecule has 1 aromatic heterocycles. The van der Waals surface area contributed by atoms with Crippen LogP contribution >= 0.6 is 11.3 Å². The average molecular weight is 437 g/mol. The standard InChI is InChI=1S/C25H28N2O3S/c1-5-19-16(2)31-24-20(19)13-14-27(23(24)17-9-7-6-8-10-17)25(28)26-18-11-12-21(29-3)22(15-18)30-4/h6-12,15,23H,5,13-14H2,1-4H3,(H,26,28)/t23-/m0/s1. The Morgan fingerprint density at radius 1 is 1.13 bits per heavy atom. The molecule has 5 nitrogen and oxygen atoms in total. The van der Waals surface area contributed by atoms with E-state index in [0.29, 0.717) is 23.7 Å². The van der Waals surface area contributed by atoms with Crippen LogP contribution in [0.4, 0.5) is 10.5 Å². The van der Waals surface area contributed by atoms with Gasteiger partial charge in [0.15, 0.2) is 11.5 Å². The van der Waals surface area contributed by atoms with Gasteiger partial charge in [0.2, 0.25) is 0 Å². The molecule has 2 heterocycles. The van der Waals surface area contributed by atoms with Crippen LogP contribution in [0, 0.1) is 6.92 Å². The Hall–Kier alpha value is -2.99. The van der Waals surface area contributed by atoms with Gasteiger partial charge in [-0.05, 0) is 48.6 Å². The molecule has 1 atom stereocenters. The number of benzene rings is 2. The van der Waals surface area contributed by atoms with Crippen molar-refractivity contribution in [2.24, 2.45) is 0 Å². The summed E-state index contributed by atoms with van der Waals surface area (Å²) in [4.78, 5) is 18.0. The van der Waals surface area contributed by atoms with Crippen LogP contribution < -0.4 is 14.8 Å². The van der Waals surface area contributed by atoms with Crippen molar-refractivity contribution in [2.75, 3.05) is 26.1 Å². The molecule has 0 spiro atoms. The lowest BCUT2D eigenvalue weighted by Crippen LogP contribution is -2.42. The van der Waals surface area contributed by atoms with Gasteiger partial charge in [-0.3, -0.25) is 0 Å². The van der Waals surface area contributed by atoms with E-state index in [-0.39, 0.29) is 12.1 Å². The number of hydrogen-bond donors (Lipinski definition) is 1. The van der Waals surface area contributed by atoms with Gasteiger partial charge in [0.25, 0.3) is 0 Å². The Morgan fingerprint density at radius 2 is 1.87 bits per heavy atom. The van der Waals surface area contributed by atoms with E-state index in [4.69, 9.17) is 9.47 Å². The van der Waals surface area contributed by atoms with Crippen LogP contribution in [0.1, 0.15) is 39.4 Å². The second-order valence-corrected chi connectivity index (χ2v) is 8.85. The first-order chi connectivity index (χ1) is 15.1. The first-order valence-corrected chi connectivity index (χ1v) is 11.3. The molecule has 162 valence electrons.